The number of ether oxygens (including phenoxy) is 1. The summed E-state index contributed by atoms with van der Waals surface area (Å²) < 4.78 is 10.8. The largest absolute Gasteiger partial charge is 0.480 e. The molecule has 0 bridgehead atoms. The summed E-state index contributed by atoms with van der Waals surface area (Å²) in [5.41, 5.74) is 0.441. The second-order valence-electron chi connectivity index (χ2n) is 5.85. The van der Waals surface area contributed by atoms with Crippen LogP contribution in [0.15, 0.2) is 45.7 Å². The number of hydrogen-bond acceptors (Lipinski definition) is 5. The van der Waals surface area contributed by atoms with E-state index in [0.717, 1.165) is 17.5 Å². The Morgan fingerprint density at radius 2 is 2.00 bits per heavy atom. The van der Waals surface area contributed by atoms with E-state index in [0.29, 0.717) is 29.2 Å². The van der Waals surface area contributed by atoms with Crippen molar-refractivity contribution in [2.45, 2.75) is 36.5 Å². The van der Waals surface area contributed by atoms with E-state index in [4.69, 9.17) is 14.3 Å². The number of carbonyl (C=O) groups excluding carboxylic acids is 1. The van der Waals surface area contributed by atoms with Crippen molar-refractivity contribution in [3.63, 3.8) is 0 Å². The van der Waals surface area contributed by atoms with E-state index in [2.05, 4.69) is 5.32 Å². The Kier molecular flexibility index (Phi) is 7.29. The fourth-order valence-electron chi connectivity index (χ4n) is 2.40. The summed E-state index contributed by atoms with van der Waals surface area (Å²) in [6.07, 6.45) is 0.566. The van der Waals surface area contributed by atoms with Crippen LogP contribution in [0.4, 0.5) is 0 Å². The number of benzene rings is 1. The molecule has 7 heteroatoms. The molecule has 0 fully saturated rings. The van der Waals surface area contributed by atoms with Gasteiger partial charge in [-0.05, 0) is 44.5 Å². The molecule has 1 aromatic carbocycles. The maximum absolute atomic E-state index is 12.8. The number of nitrogens with one attached hydrogen (secondary N) is 1. The second-order valence-corrected chi connectivity index (χ2v) is 7.23. The minimum atomic E-state index is -0.922. The standard InChI is InChI=1S/C19H23NO5S/c1-12-8-9-16(25-12)15(10-11-24-3)20-18(21)14-6-4-5-7-17(14)26-13(2)19(22)23/h4-9,13,15H,10-11H2,1-3H3,(H,20,21)(H,22,23). The maximum Gasteiger partial charge on any atom is 0.316 e. The van der Waals surface area contributed by atoms with Gasteiger partial charge in [0.1, 0.15) is 16.8 Å². The minimum Gasteiger partial charge on any atom is -0.480 e. The second kappa shape index (κ2) is 9.45. The first-order valence-corrected chi connectivity index (χ1v) is 9.15. The van der Waals surface area contributed by atoms with Crippen LogP contribution in [0.25, 0.3) is 0 Å². The van der Waals surface area contributed by atoms with Crippen LogP contribution >= 0.6 is 11.8 Å². The number of amides is 1. The summed E-state index contributed by atoms with van der Waals surface area (Å²) in [6.45, 7) is 3.91. The van der Waals surface area contributed by atoms with E-state index in [1.807, 2.05) is 19.1 Å². The molecule has 0 saturated heterocycles. The monoisotopic (exact) mass is 377 g/mol. The zero-order valence-electron chi connectivity index (χ0n) is 15.0. The Balaban J connectivity index is 2.19. The predicted molar refractivity (Wildman–Crippen MR) is 99.5 cm³/mol. The number of hydrogen-bond donors (Lipinski definition) is 2. The third kappa shape index (κ3) is 5.37. The van der Waals surface area contributed by atoms with Crippen molar-refractivity contribution in [1.82, 2.24) is 5.32 Å². The number of thioether (sulfide) groups is 1. The molecule has 0 aliphatic carbocycles. The normalized spacial score (nSPS) is 13.2. The van der Waals surface area contributed by atoms with Crippen molar-refractivity contribution in [2.75, 3.05) is 13.7 Å². The molecule has 0 aliphatic rings. The molecule has 6 nitrogen and oxygen atoms in total. The molecule has 2 unspecified atom stereocenters. The zero-order chi connectivity index (χ0) is 19.1. The lowest BCUT2D eigenvalue weighted by Crippen LogP contribution is -2.29. The average molecular weight is 377 g/mol. The highest BCUT2D eigenvalue weighted by Gasteiger charge is 2.22. The first kappa shape index (κ1) is 20.1. The molecular weight excluding hydrogens is 354 g/mol. The molecule has 1 heterocycles. The van der Waals surface area contributed by atoms with Crippen LogP contribution < -0.4 is 5.32 Å². The van der Waals surface area contributed by atoms with Gasteiger partial charge in [-0.1, -0.05) is 12.1 Å². The van der Waals surface area contributed by atoms with Crippen LogP contribution in [0.1, 0.15) is 41.3 Å². The molecule has 0 spiro atoms. The van der Waals surface area contributed by atoms with Crippen LogP contribution in [-0.2, 0) is 9.53 Å². The number of furan rings is 1. The molecule has 2 rings (SSSR count). The van der Waals surface area contributed by atoms with Gasteiger partial charge in [-0.15, -0.1) is 11.8 Å². The van der Waals surface area contributed by atoms with Crippen LogP contribution in [-0.4, -0.2) is 35.9 Å². The van der Waals surface area contributed by atoms with Crippen molar-refractivity contribution in [1.29, 1.82) is 0 Å². The number of aliphatic carboxylic acids is 1. The predicted octanol–water partition coefficient (Wildman–Crippen LogP) is 3.66. The number of carbonyl (C=O) groups is 2. The van der Waals surface area contributed by atoms with Gasteiger partial charge in [-0.3, -0.25) is 9.59 Å². The van der Waals surface area contributed by atoms with E-state index < -0.39 is 11.2 Å². The first-order valence-electron chi connectivity index (χ1n) is 8.27. The summed E-state index contributed by atoms with van der Waals surface area (Å²) in [5, 5.41) is 11.4. The number of carboxylic acid groups (broad SMARTS) is 1. The average Bonchev–Trinajstić information content (AvgIpc) is 3.05. The summed E-state index contributed by atoms with van der Waals surface area (Å²) in [4.78, 5) is 24.6. The summed E-state index contributed by atoms with van der Waals surface area (Å²) in [7, 11) is 1.60. The Morgan fingerprint density at radius 3 is 2.62 bits per heavy atom. The highest BCUT2D eigenvalue weighted by Crippen LogP contribution is 2.28. The van der Waals surface area contributed by atoms with E-state index in [-0.39, 0.29) is 11.9 Å². The van der Waals surface area contributed by atoms with Gasteiger partial charge in [0, 0.05) is 18.6 Å². The third-order valence-electron chi connectivity index (χ3n) is 3.80. The van der Waals surface area contributed by atoms with Crippen LogP contribution in [0.2, 0.25) is 0 Å². The molecule has 0 aliphatic heterocycles. The van der Waals surface area contributed by atoms with Gasteiger partial charge in [0.15, 0.2) is 0 Å². The molecule has 2 atom stereocenters. The number of aryl methyl sites for hydroxylation is 1. The van der Waals surface area contributed by atoms with Gasteiger partial charge < -0.3 is 19.6 Å². The van der Waals surface area contributed by atoms with Crippen molar-refractivity contribution in [3.8, 4) is 0 Å². The topological polar surface area (TPSA) is 88.8 Å². The number of carboxylic acids is 1. The van der Waals surface area contributed by atoms with E-state index in [1.165, 1.54) is 0 Å². The maximum atomic E-state index is 12.8. The molecule has 1 aromatic heterocycles. The third-order valence-corrected chi connectivity index (χ3v) is 4.97. The SMILES string of the molecule is COCCC(NC(=O)c1ccccc1SC(C)C(=O)O)c1ccc(C)o1. The summed E-state index contributed by atoms with van der Waals surface area (Å²) in [5.74, 6) is 0.231. The molecule has 2 aromatic rings. The smallest absolute Gasteiger partial charge is 0.316 e. The van der Waals surface area contributed by atoms with Crippen molar-refractivity contribution in [2.24, 2.45) is 0 Å². The lowest BCUT2D eigenvalue weighted by Gasteiger charge is -2.18. The van der Waals surface area contributed by atoms with Gasteiger partial charge in [-0.25, -0.2) is 0 Å². The highest BCUT2D eigenvalue weighted by atomic mass is 32.2. The summed E-state index contributed by atoms with van der Waals surface area (Å²) >= 11 is 1.14. The molecule has 0 radical (unpaired) electrons. The van der Waals surface area contributed by atoms with Crippen LogP contribution in [0, 0.1) is 6.92 Å². The fraction of sp³-hybridized carbons (Fsp3) is 0.368. The summed E-state index contributed by atoms with van der Waals surface area (Å²) in [6, 6.07) is 10.3. The fourth-order valence-corrected chi connectivity index (χ4v) is 3.32. The Hall–Kier alpha value is -2.25. The van der Waals surface area contributed by atoms with Gasteiger partial charge in [0.2, 0.25) is 0 Å². The highest BCUT2D eigenvalue weighted by molar-refractivity contribution is 8.00. The van der Waals surface area contributed by atoms with E-state index in [1.54, 1.807) is 38.3 Å². The lowest BCUT2D eigenvalue weighted by atomic mass is 10.1. The van der Waals surface area contributed by atoms with E-state index >= 15 is 0 Å². The molecule has 2 N–H and O–H groups in total. The Bertz CT molecular complexity index is 758. The van der Waals surface area contributed by atoms with Crippen molar-refractivity contribution < 1.29 is 23.8 Å². The van der Waals surface area contributed by atoms with E-state index in [9.17, 15) is 9.59 Å². The number of rotatable bonds is 9. The molecular formula is C19H23NO5S. The molecule has 140 valence electrons. The quantitative estimate of drug-likeness (QED) is 0.648. The Morgan fingerprint density at radius 1 is 1.27 bits per heavy atom. The molecule has 1 amide bonds. The Labute approximate surface area is 156 Å². The van der Waals surface area contributed by atoms with Crippen molar-refractivity contribution >= 4 is 23.6 Å². The lowest BCUT2D eigenvalue weighted by molar-refractivity contribution is -0.136. The zero-order valence-corrected chi connectivity index (χ0v) is 15.8. The van der Waals surface area contributed by atoms with Gasteiger partial charge in [-0.2, -0.15) is 0 Å². The number of methoxy groups -OCH3 is 1. The van der Waals surface area contributed by atoms with Gasteiger partial charge in [0.25, 0.3) is 5.91 Å². The minimum absolute atomic E-state index is 0.277. The van der Waals surface area contributed by atoms with Crippen molar-refractivity contribution in [3.05, 3.63) is 53.5 Å². The first-order chi connectivity index (χ1) is 12.4. The van der Waals surface area contributed by atoms with Crippen LogP contribution in [0.5, 0.6) is 0 Å². The molecule has 0 saturated carbocycles. The van der Waals surface area contributed by atoms with Gasteiger partial charge >= 0.3 is 5.97 Å². The van der Waals surface area contributed by atoms with Crippen LogP contribution in [0.3, 0.4) is 0 Å². The molecule has 26 heavy (non-hydrogen) atoms. The van der Waals surface area contributed by atoms with Gasteiger partial charge in [0.05, 0.1) is 11.6 Å².